The molecule has 0 aliphatic carbocycles. The Morgan fingerprint density at radius 1 is 0.829 bits per heavy atom. The lowest BCUT2D eigenvalue weighted by Crippen LogP contribution is -2.49. The number of nitrogens with zero attached hydrogens (tertiary/aromatic N) is 4. The molecule has 1 aliphatic rings. The first-order valence-electron chi connectivity index (χ1n) is 11.4. The molecule has 0 bridgehead atoms. The minimum Gasteiger partial charge on any atom is -0.493 e. The second-order valence-corrected chi connectivity index (χ2v) is 10.4. The minimum atomic E-state index is -3.66. The van der Waals surface area contributed by atoms with Crippen LogP contribution in [0.3, 0.4) is 0 Å². The quantitative estimate of drug-likeness (QED) is 0.455. The first-order chi connectivity index (χ1) is 16.8. The molecule has 35 heavy (non-hydrogen) atoms. The number of hydrogen-bond acceptors (Lipinski definition) is 7. The van der Waals surface area contributed by atoms with E-state index in [0.29, 0.717) is 68.0 Å². The summed E-state index contributed by atoms with van der Waals surface area (Å²) in [5, 5.41) is 0.840. The van der Waals surface area contributed by atoms with Crippen LogP contribution in [0.4, 0.5) is 0 Å². The van der Waals surface area contributed by atoms with Gasteiger partial charge in [-0.15, -0.1) is 0 Å². The molecule has 1 saturated heterocycles. The molecule has 2 heterocycles. The van der Waals surface area contributed by atoms with Gasteiger partial charge < -0.3 is 14.4 Å². The van der Waals surface area contributed by atoms with E-state index in [2.05, 4.69) is 4.90 Å². The number of hydrogen-bond donors (Lipinski definition) is 0. The molecule has 1 aromatic heterocycles. The van der Waals surface area contributed by atoms with Gasteiger partial charge in [-0.25, -0.2) is 13.1 Å². The topological polar surface area (TPSA) is 103 Å². The maximum atomic E-state index is 13.1. The average Bonchev–Trinajstić information content (AvgIpc) is 2.89. The Morgan fingerprint density at radius 3 is 2.09 bits per heavy atom. The summed E-state index contributed by atoms with van der Waals surface area (Å²) in [4.78, 5) is 27.8. The van der Waals surface area contributed by atoms with Crippen LogP contribution in [-0.2, 0) is 23.6 Å². The lowest BCUT2D eigenvalue weighted by molar-refractivity contribution is 0.182. The van der Waals surface area contributed by atoms with Crippen molar-refractivity contribution in [3.8, 4) is 11.5 Å². The summed E-state index contributed by atoms with van der Waals surface area (Å²) < 4.78 is 41.0. The Balaban J connectivity index is 1.37. The highest BCUT2D eigenvalue weighted by Crippen LogP contribution is 2.30. The van der Waals surface area contributed by atoms with E-state index in [4.69, 9.17) is 9.47 Å². The molecule has 0 spiro atoms. The molecule has 3 aromatic rings. The Hall–Kier alpha value is -3.15. The zero-order chi connectivity index (χ0) is 25.2. The van der Waals surface area contributed by atoms with Crippen molar-refractivity contribution in [3.63, 3.8) is 0 Å². The summed E-state index contributed by atoms with van der Waals surface area (Å²) in [5.74, 6) is 0.838. The van der Waals surface area contributed by atoms with Gasteiger partial charge in [0.15, 0.2) is 11.5 Å². The van der Waals surface area contributed by atoms with Crippen molar-refractivity contribution in [3.05, 3.63) is 63.2 Å². The summed E-state index contributed by atoms with van der Waals surface area (Å²) in [5.41, 5.74) is -0.386. The predicted octanol–water partition coefficient (Wildman–Crippen LogP) is 1.11. The first-order valence-corrected chi connectivity index (χ1v) is 12.9. The van der Waals surface area contributed by atoms with Gasteiger partial charge in [-0.3, -0.25) is 14.3 Å². The van der Waals surface area contributed by atoms with E-state index in [0.717, 1.165) is 0 Å². The highest BCUT2D eigenvalue weighted by molar-refractivity contribution is 7.89. The van der Waals surface area contributed by atoms with E-state index in [1.807, 2.05) is 0 Å². The van der Waals surface area contributed by atoms with Gasteiger partial charge in [-0.2, -0.15) is 4.31 Å². The third-order valence-corrected chi connectivity index (χ3v) is 8.34. The fourth-order valence-corrected chi connectivity index (χ4v) is 5.87. The standard InChI is InChI=1S/C24H30N4O6S/c1-25-23(29)19-7-4-5-8-20(19)24(30)28(25)12-6-11-26-13-15-27(16-14-26)35(31,32)18-9-10-21(33-2)22(17-18)34-3/h4-5,7-10,17H,6,11-16H2,1-3H3. The molecule has 188 valence electrons. The average molecular weight is 503 g/mol. The van der Waals surface area contributed by atoms with E-state index in [1.165, 1.54) is 40.0 Å². The van der Waals surface area contributed by atoms with Crippen molar-refractivity contribution in [2.75, 3.05) is 46.9 Å². The number of aromatic nitrogens is 2. The molecule has 0 radical (unpaired) electrons. The molecule has 10 nitrogen and oxygen atoms in total. The third-order valence-electron chi connectivity index (χ3n) is 6.45. The number of ether oxygens (including phenoxy) is 2. The van der Waals surface area contributed by atoms with Crippen molar-refractivity contribution in [2.24, 2.45) is 7.05 Å². The molecule has 1 aliphatic heterocycles. The van der Waals surface area contributed by atoms with Crippen LogP contribution in [0.5, 0.6) is 11.5 Å². The van der Waals surface area contributed by atoms with Gasteiger partial charge in [0.1, 0.15) is 0 Å². The SMILES string of the molecule is COc1ccc(S(=O)(=O)N2CCN(CCCn3c(=O)c4ccccc4c(=O)n3C)CC2)cc1OC. The zero-order valence-corrected chi connectivity index (χ0v) is 21.0. The number of benzene rings is 2. The molecule has 4 rings (SSSR count). The summed E-state index contributed by atoms with van der Waals surface area (Å²) in [6.45, 7) is 2.99. The smallest absolute Gasteiger partial charge is 0.273 e. The minimum absolute atomic E-state index is 0.167. The number of fused-ring (bicyclic) bond motifs is 1. The van der Waals surface area contributed by atoms with Crippen LogP contribution < -0.4 is 20.6 Å². The monoisotopic (exact) mass is 502 g/mol. The van der Waals surface area contributed by atoms with Crippen LogP contribution in [0.2, 0.25) is 0 Å². The molecule has 11 heteroatoms. The van der Waals surface area contributed by atoms with E-state index in [1.54, 1.807) is 37.4 Å². The highest BCUT2D eigenvalue weighted by Gasteiger charge is 2.29. The van der Waals surface area contributed by atoms with E-state index >= 15 is 0 Å². The maximum absolute atomic E-state index is 13.1. The Labute approximate surface area is 203 Å². The van der Waals surface area contributed by atoms with Crippen LogP contribution in [0, 0.1) is 0 Å². The van der Waals surface area contributed by atoms with Crippen molar-refractivity contribution in [1.82, 2.24) is 18.6 Å². The van der Waals surface area contributed by atoms with Crippen molar-refractivity contribution in [1.29, 1.82) is 0 Å². The van der Waals surface area contributed by atoms with Gasteiger partial charge in [0.25, 0.3) is 11.1 Å². The fourth-order valence-electron chi connectivity index (χ4n) is 4.43. The van der Waals surface area contributed by atoms with Crippen LogP contribution in [-0.4, -0.2) is 73.9 Å². The van der Waals surface area contributed by atoms with Crippen molar-refractivity contribution in [2.45, 2.75) is 17.9 Å². The molecular weight excluding hydrogens is 472 g/mol. The molecule has 0 atom stereocenters. The van der Waals surface area contributed by atoms with E-state index < -0.39 is 10.0 Å². The predicted molar refractivity (Wildman–Crippen MR) is 133 cm³/mol. The molecule has 0 amide bonds. The molecule has 2 aromatic carbocycles. The van der Waals surface area contributed by atoms with Gasteiger partial charge in [-0.1, -0.05) is 12.1 Å². The van der Waals surface area contributed by atoms with E-state index in [9.17, 15) is 18.0 Å². The second kappa shape index (κ2) is 10.2. The van der Waals surface area contributed by atoms with Gasteiger partial charge in [0.2, 0.25) is 10.0 Å². The summed E-state index contributed by atoms with van der Waals surface area (Å²) in [6, 6.07) is 11.4. The normalized spacial score (nSPS) is 15.4. The lowest BCUT2D eigenvalue weighted by Gasteiger charge is -2.34. The molecule has 0 saturated carbocycles. The zero-order valence-electron chi connectivity index (χ0n) is 20.1. The molecule has 1 fully saturated rings. The van der Waals surface area contributed by atoms with E-state index in [-0.39, 0.29) is 16.0 Å². The summed E-state index contributed by atoms with van der Waals surface area (Å²) >= 11 is 0. The highest BCUT2D eigenvalue weighted by atomic mass is 32.2. The van der Waals surface area contributed by atoms with Crippen LogP contribution in [0.1, 0.15) is 6.42 Å². The molecule has 0 N–H and O–H groups in total. The van der Waals surface area contributed by atoms with Gasteiger partial charge in [0, 0.05) is 52.4 Å². The second-order valence-electron chi connectivity index (χ2n) is 8.42. The lowest BCUT2D eigenvalue weighted by atomic mass is 10.2. The Bertz CT molecular complexity index is 1440. The largest absolute Gasteiger partial charge is 0.493 e. The first kappa shape index (κ1) is 25.0. The van der Waals surface area contributed by atoms with Crippen molar-refractivity contribution >= 4 is 20.8 Å². The third kappa shape index (κ3) is 4.84. The Morgan fingerprint density at radius 2 is 1.46 bits per heavy atom. The molecular formula is C24H30N4O6S. The number of sulfonamides is 1. The number of piperazine rings is 1. The van der Waals surface area contributed by atoms with Crippen LogP contribution in [0.25, 0.3) is 10.8 Å². The fraction of sp³-hybridized carbons (Fsp3) is 0.417. The summed E-state index contributed by atoms with van der Waals surface area (Å²) in [6.07, 6.45) is 0.661. The Kier molecular flexibility index (Phi) is 7.29. The number of methoxy groups -OCH3 is 2. The summed E-state index contributed by atoms with van der Waals surface area (Å²) in [7, 11) is 0.920. The van der Waals surface area contributed by atoms with Gasteiger partial charge >= 0.3 is 0 Å². The van der Waals surface area contributed by atoms with Crippen LogP contribution >= 0.6 is 0 Å². The van der Waals surface area contributed by atoms with Gasteiger partial charge in [0.05, 0.1) is 29.9 Å². The van der Waals surface area contributed by atoms with Crippen molar-refractivity contribution < 1.29 is 17.9 Å². The van der Waals surface area contributed by atoms with Gasteiger partial charge in [-0.05, 0) is 30.7 Å². The number of rotatable bonds is 8. The van der Waals surface area contributed by atoms with Crippen LogP contribution in [0.15, 0.2) is 56.9 Å². The molecule has 0 unspecified atom stereocenters. The maximum Gasteiger partial charge on any atom is 0.273 e.